The molecule has 2 aromatic rings. The molecule has 242 valence electrons. The lowest BCUT2D eigenvalue weighted by atomic mass is 9.75. The van der Waals surface area contributed by atoms with Crippen LogP contribution in [0.25, 0.3) is 11.6 Å². The molecule has 1 saturated carbocycles. The molecule has 0 amide bonds. The maximum absolute atomic E-state index is 13.4. The van der Waals surface area contributed by atoms with Gasteiger partial charge >= 0.3 is 5.97 Å². The number of allylic oxidation sites excluding steroid dienone is 3. The summed E-state index contributed by atoms with van der Waals surface area (Å²) in [4.78, 5) is 44.2. The standard InChI is InChI=1S/C36H39NO9/c1-5-13-44-32-23-16-28(36(3,4)42)45-31(23)25(18-39)33-30(32)29(24(17-38)34(46-33)35(41)43-6-2)21-8-10-27(40)22(15-21)19-7-9-26-20(14-19)11-12-37-26/h7,9,11,14,17,22,28,39,42H,5-6,8,10,12-13,15-16,18H2,1-4H3. The molecule has 0 saturated heterocycles. The van der Waals surface area contributed by atoms with Crippen molar-refractivity contribution >= 4 is 29.7 Å². The Morgan fingerprint density at radius 3 is 2.67 bits per heavy atom. The van der Waals surface area contributed by atoms with Gasteiger partial charge in [-0.25, -0.2) is 4.79 Å². The van der Waals surface area contributed by atoms with E-state index in [9.17, 15) is 24.6 Å². The molecule has 0 spiro atoms. The van der Waals surface area contributed by atoms with Gasteiger partial charge in [-0.15, -0.1) is 0 Å². The van der Waals surface area contributed by atoms with Crippen LogP contribution < -0.4 is 24.8 Å². The summed E-state index contributed by atoms with van der Waals surface area (Å²) in [5.41, 5.74) is 2.19. The van der Waals surface area contributed by atoms with Crippen LogP contribution in [0.5, 0.6) is 17.2 Å². The van der Waals surface area contributed by atoms with E-state index in [4.69, 9.17) is 18.9 Å². The van der Waals surface area contributed by atoms with Crippen molar-refractivity contribution in [2.45, 2.75) is 84.0 Å². The summed E-state index contributed by atoms with van der Waals surface area (Å²) in [5.74, 6) is -0.673. The topological polar surface area (TPSA) is 141 Å². The predicted molar refractivity (Wildman–Crippen MR) is 168 cm³/mol. The quantitative estimate of drug-likeness (QED) is 0.316. The van der Waals surface area contributed by atoms with Gasteiger partial charge < -0.3 is 29.2 Å². The molecule has 0 radical (unpaired) electrons. The first kappa shape index (κ1) is 31.7. The van der Waals surface area contributed by atoms with Crippen LogP contribution in [0.2, 0.25) is 0 Å². The summed E-state index contributed by atoms with van der Waals surface area (Å²) in [5, 5.41) is 23.5. The number of nitrogens with zero attached hydrogens (tertiary/aromatic N) is 1. The Kier molecular flexibility index (Phi) is 8.60. The monoisotopic (exact) mass is 629 g/mol. The van der Waals surface area contributed by atoms with E-state index < -0.39 is 30.2 Å². The van der Waals surface area contributed by atoms with Crippen molar-refractivity contribution in [3.63, 3.8) is 0 Å². The Labute approximate surface area is 267 Å². The summed E-state index contributed by atoms with van der Waals surface area (Å²) < 4.78 is 24.2. The number of esters is 1. The molecule has 4 aliphatic rings. The lowest BCUT2D eigenvalue weighted by Crippen LogP contribution is -2.39. The number of rotatable bonds is 9. The highest BCUT2D eigenvalue weighted by Crippen LogP contribution is 2.56. The van der Waals surface area contributed by atoms with E-state index in [0.717, 1.165) is 21.7 Å². The van der Waals surface area contributed by atoms with Crippen molar-refractivity contribution in [2.24, 2.45) is 4.99 Å². The molecule has 0 aromatic heterocycles. The van der Waals surface area contributed by atoms with Gasteiger partial charge in [0.05, 0.1) is 54.0 Å². The molecule has 2 unspecified atom stereocenters. The molecule has 2 aromatic carbocycles. The van der Waals surface area contributed by atoms with Crippen LogP contribution in [-0.4, -0.2) is 59.7 Å². The Hall–Kier alpha value is -4.28. The van der Waals surface area contributed by atoms with E-state index in [0.29, 0.717) is 66.9 Å². The Bertz CT molecular complexity index is 1810. The molecule has 6 rings (SSSR count). The van der Waals surface area contributed by atoms with Crippen molar-refractivity contribution in [3.05, 3.63) is 67.9 Å². The molecule has 10 heteroatoms. The van der Waals surface area contributed by atoms with Crippen LogP contribution in [0.15, 0.2) is 40.1 Å². The number of aldehydes is 1. The highest BCUT2D eigenvalue weighted by Gasteiger charge is 2.44. The van der Waals surface area contributed by atoms with Gasteiger partial charge in [-0.3, -0.25) is 14.6 Å². The molecule has 3 aliphatic heterocycles. The minimum absolute atomic E-state index is 0.00160. The number of hydrogen-bond donors (Lipinski definition) is 2. The van der Waals surface area contributed by atoms with E-state index in [-0.39, 0.29) is 47.9 Å². The zero-order valence-electron chi connectivity index (χ0n) is 26.6. The predicted octanol–water partition coefficient (Wildman–Crippen LogP) is 3.15. The van der Waals surface area contributed by atoms with Crippen molar-refractivity contribution in [2.75, 3.05) is 19.8 Å². The van der Waals surface area contributed by atoms with Gasteiger partial charge in [0, 0.05) is 29.9 Å². The fourth-order valence-electron chi connectivity index (χ4n) is 6.75. The summed E-state index contributed by atoms with van der Waals surface area (Å²) in [6, 6.07) is 5.85. The lowest BCUT2D eigenvalue weighted by Gasteiger charge is -2.32. The van der Waals surface area contributed by atoms with E-state index in [1.54, 1.807) is 20.8 Å². The number of benzene rings is 2. The fraction of sp³-hybridized carbons (Fsp3) is 0.444. The molecule has 2 atom stereocenters. The number of ketones is 1. The third kappa shape index (κ3) is 5.43. The van der Waals surface area contributed by atoms with Gasteiger partial charge in [-0.1, -0.05) is 24.6 Å². The van der Waals surface area contributed by atoms with Gasteiger partial charge in [0.25, 0.3) is 0 Å². The number of Topliss-reactive ketones (excluding diaryl/α,β-unsaturated/α-hetero) is 1. The van der Waals surface area contributed by atoms with Gasteiger partial charge in [0.1, 0.15) is 29.1 Å². The number of fused-ring (bicyclic) bond motifs is 3. The third-order valence-corrected chi connectivity index (χ3v) is 9.04. The van der Waals surface area contributed by atoms with Crippen LogP contribution in [0, 0.1) is 0 Å². The molecule has 2 N–H and O–H groups in total. The maximum atomic E-state index is 13.4. The first-order valence-electron chi connectivity index (χ1n) is 15.9. The zero-order chi connectivity index (χ0) is 32.7. The number of hydrogen-bond acceptors (Lipinski definition) is 10. The average molecular weight is 630 g/mol. The second kappa shape index (κ2) is 12.5. The van der Waals surface area contributed by atoms with E-state index >= 15 is 0 Å². The molecular weight excluding hydrogens is 590 g/mol. The van der Waals surface area contributed by atoms with Crippen LogP contribution in [0.3, 0.4) is 0 Å². The number of aliphatic hydroxyl groups excluding tert-OH is 1. The van der Waals surface area contributed by atoms with E-state index in [1.807, 2.05) is 31.2 Å². The van der Waals surface area contributed by atoms with Crippen LogP contribution in [0.1, 0.15) is 81.5 Å². The van der Waals surface area contributed by atoms with Crippen molar-refractivity contribution in [1.82, 2.24) is 0 Å². The molecule has 0 bridgehead atoms. The fourth-order valence-corrected chi connectivity index (χ4v) is 6.75. The molecule has 1 fully saturated rings. The number of aliphatic hydroxyl groups is 2. The summed E-state index contributed by atoms with van der Waals surface area (Å²) >= 11 is 0. The van der Waals surface area contributed by atoms with Crippen LogP contribution in [0.4, 0.5) is 0 Å². The Morgan fingerprint density at radius 1 is 1.17 bits per heavy atom. The highest BCUT2D eigenvalue weighted by molar-refractivity contribution is 6.11. The molecule has 3 heterocycles. The second-order valence-corrected chi connectivity index (χ2v) is 12.5. The smallest absolute Gasteiger partial charge is 0.375 e. The minimum atomic E-state index is -1.23. The first-order chi connectivity index (χ1) is 22.1. The van der Waals surface area contributed by atoms with Gasteiger partial charge in [-0.2, -0.15) is 0 Å². The maximum Gasteiger partial charge on any atom is 0.375 e. The summed E-state index contributed by atoms with van der Waals surface area (Å²) in [6.45, 7) is 7.38. The lowest BCUT2D eigenvalue weighted by molar-refractivity contribution is -0.141. The summed E-state index contributed by atoms with van der Waals surface area (Å²) in [7, 11) is 0. The van der Waals surface area contributed by atoms with Crippen molar-refractivity contribution in [1.29, 1.82) is 0 Å². The molecule has 46 heavy (non-hydrogen) atoms. The second-order valence-electron chi connectivity index (χ2n) is 12.5. The number of carbonyl (C=O) groups excluding carboxylic acids is 3. The van der Waals surface area contributed by atoms with Gasteiger partial charge in [-0.05, 0) is 62.9 Å². The summed E-state index contributed by atoms with van der Waals surface area (Å²) in [6.07, 6.45) is 3.80. The molecular formula is C36H39NO9. The largest absolute Gasteiger partial charge is 0.492 e. The van der Waals surface area contributed by atoms with Crippen LogP contribution >= 0.6 is 0 Å². The van der Waals surface area contributed by atoms with Gasteiger partial charge in [0.2, 0.25) is 5.76 Å². The average Bonchev–Trinajstić information content (AvgIpc) is 3.70. The van der Waals surface area contributed by atoms with Crippen molar-refractivity contribution < 1.29 is 43.5 Å². The Balaban J connectivity index is 1.62. The number of carbonyl (C=O) groups is 3. The van der Waals surface area contributed by atoms with E-state index in [2.05, 4.69) is 4.99 Å². The van der Waals surface area contributed by atoms with Crippen LogP contribution in [-0.2, 0) is 32.1 Å². The van der Waals surface area contributed by atoms with Gasteiger partial charge in [0.15, 0.2) is 6.29 Å². The third-order valence-electron chi connectivity index (χ3n) is 9.04. The normalized spacial score (nSPS) is 21.7. The zero-order valence-corrected chi connectivity index (χ0v) is 26.6. The van der Waals surface area contributed by atoms with Crippen molar-refractivity contribution in [3.8, 4) is 17.2 Å². The molecule has 1 aliphatic carbocycles. The minimum Gasteiger partial charge on any atom is -0.492 e. The molecule has 10 nitrogen and oxygen atoms in total. The SMILES string of the molecule is CCCOc1c2c(c(CO)c3c1C(=C1CCC(=O)C(c4ccc5c(c4)=CCN=5)C1)C(C=O)=C(C(=O)OCC)O3)OC(C(C)(C)O)C2. The number of ether oxygens (including phenoxy) is 4. The Morgan fingerprint density at radius 2 is 1.98 bits per heavy atom. The highest BCUT2D eigenvalue weighted by atomic mass is 16.6. The van der Waals surface area contributed by atoms with E-state index in [1.165, 1.54) is 0 Å². The first-order valence-corrected chi connectivity index (χ1v) is 15.9.